The van der Waals surface area contributed by atoms with Crippen LogP contribution in [0, 0.1) is 0 Å². The van der Waals surface area contributed by atoms with Gasteiger partial charge in [-0.3, -0.25) is 4.90 Å². The number of nitrogens with two attached hydrogens (primary N) is 1. The van der Waals surface area contributed by atoms with Gasteiger partial charge in [-0.05, 0) is 39.5 Å². The van der Waals surface area contributed by atoms with Crippen molar-refractivity contribution in [2.45, 2.75) is 70.2 Å². The molecule has 4 atom stereocenters. The van der Waals surface area contributed by atoms with Gasteiger partial charge in [0.05, 0.1) is 12.2 Å². The minimum atomic E-state index is 0.320. The van der Waals surface area contributed by atoms with Crippen LogP contribution in [0.2, 0.25) is 0 Å². The van der Waals surface area contributed by atoms with E-state index in [-0.39, 0.29) is 0 Å². The second-order valence-electron chi connectivity index (χ2n) is 5.52. The van der Waals surface area contributed by atoms with Crippen LogP contribution < -0.4 is 5.73 Å². The number of nitrogens with zero attached hydrogens (tertiary/aromatic N) is 1. The first-order valence-electron chi connectivity index (χ1n) is 6.82. The molecule has 0 aromatic rings. The monoisotopic (exact) mass is 226 g/mol. The van der Waals surface area contributed by atoms with Crippen molar-refractivity contribution in [2.24, 2.45) is 5.73 Å². The standard InChI is InChI=1S/C13H26N2O/c1-10-4-3-5-11(2)15(10)9-13-7-6-12(8-14)16-13/h10-13H,3-9,14H2,1-2H3/t10?,11?,12-,13+/m1/s1. The van der Waals surface area contributed by atoms with Gasteiger partial charge >= 0.3 is 0 Å². The van der Waals surface area contributed by atoms with Crippen LogP contribution in [0.25, 0.3) is 0 Å². The molecule has 16 heavy (non-hydrogen) atoms. The Labute approximate surface area is 99.3 Å². The molecular weight excluding hydrogens is 200 g/mol. The molecule has 0 aromatic carbocycles. The van der Waals surface area contributed by atoms with Gasteiger partial charge in [-0.15, -0.1) is 0 Å². The summed E-state index contributed by atoms with van der Waals surface area (Å²) >= 11 is 0. The number of likely N-dealkylation sites (tertiary alicyclic amines) is 1. The Morgan fingerprint density at radius 2 is 1.69 bits per heavy atom. The van der Waals surface area contributed by atoms with Crippen molar-refractivity contribution < 1.29 is 4.74 Å². The number of piperidine rings is 1. The zero-order chi connectivity index (χ0) is 11.5. The molecule has 94 valence electrons. The lowest BCUT2D eigenvalue weighted by atomic mass is 9.97. The molecular formula is C13H26N2O. The molecule has 3 heteroatoms. The Kier molecular flexibility index (Phi) is 4.22. The van der Waals surface area contributed by atoms with Crippen molar-refractivity contribution in [1.29, 1.82) is 0 Å². The van der Waals surface area contributed by atoms with Crippen LogP contribution in [-0.2, 0) is 4.74 Å². The number of hydrogen-bond acceptors (Lipinski definition) is 3. The molecule has 2 rings (SSSR count). The van der Waals surface area contributed by atoms with Crippen molar-refractivity contribution in [2.75, 3.05) is 13.1 Å². The minimum absolute atomic E-state index is 0.320. The highest BCUT2D eigenvalue weighted by Crippen LogP contribution is 2.26. The maximum absolute atomic E-state index is 5.94. The zero-order valence-corrected chi connectivity index (χ0v) is 10.7. The molecule has 0 aliphatic carbocycles. The molecule has 0 bridgehead atoms. The second-order valence-corrected chi connectivity index (χ2v) is 5.52. The summed E-state index contributed by atoms with van der Waals surface area (Å²) in [6.07, 6.45) is 7.16. The Morgan fingerprint density at radius 3 is 2.25 bits per heavy atom. The SMILES string of the molecule is CC1CCCC(C)N1C[C@@H]1CC[C@H](CN)O1. The van der Waals surface area contributed by atoms with Crippen LogP contribution >= 0.6 is 0 Å². The molecule has 0 amide bonds. The summed E-state index contributed by atoms with van der Waals surface area (Å²) in [5.74, 6) is 0. The summed E-state index contributed by atoms with van der Waals surface area (Å²) in [6, 6.07) is 1.45. The van der Waals surface area contributed by atoms with Crippen molar-refractivity contribution in [3.8, 4) is 0 Å². The van der Waals surface area contributed by atoms with E-state index in [2.05, 4.69) is 18.7 Å². The molecule has 2 heterocycles. The maximum atomic E-state index is 5.94. The lowest BCUT2D eigenvalue weighted by Gasteiger charge is -2.40. The molecule has 0 aromatic heterocycles. The van der Waals surface area contributed by atoms with E-state index in [1.165, 1.54) is 25.7 Å². The van der Waals surface area contributed by atoms with Crippen LogP contribution in [0.3, 0.4) is 0 Å². The molecule has 2 fully saturated rings. The molecule has 2 unspecified atom stereocenters. The van der Waals surface area contributed by atoms with Crippen LogP contribution in [0.4, 0.5) is 0 Å². The van der Waals surface area contributed by atoms with Gasteiger partial charge in [0.1, 0.15) is 0 Å². The van der Waals surface area contributed by atoms with Gasteiger partial charge in [-0.25, -0.2) is 0 Å². The molecule has 3 nitrogen and oxygen atoms in total. The zero-order valence-electron chi connectivity index (χ0n) is 10.7. The molecule has 0 saturated carbocycles. The predicted octanol–water partition coefficient (Wildman–Crippen LogP) is 1.76. The summed E-state index contributed by atoms with van der Waals surface area (Å²) in [5.41, 5.74) is 5.65. The van der Waals surface area contributed by atoms with E-state index in [0.717, 1.165) is 25.0 Å². The van der Waals surface area contributed by atoms with E-state index in [1.54, 1.807) is 0 Å². The van der Waals surface area contributed by atoms with Crippen LogP contribution in [-0.4, -0.2) is 42.3 Å². The van der Waals surface area contributed by atoms with Crippen LogP contribution in [0.15, 0.2) is 0 Å². The summed E-state index contributed by atoms with van der Waals surface area (Å²) in [4.78, 5) is 2.63. The average molecular weight is 226 g/mol. The minimum Gasteiger partial charge on any atom is -0.372 e. The summed E-state index contributed by atoms with van der Waals surface area (Å²) in [6.45, 7) is 6.50. The van der Waals surface area contributed by atoms with E-state index in [4.69, 9.17) is 10.5 Å². The first-order chi connectivity index (χ1) is 7.70. The molecule has 2 aliphatic rings. The van der Waals surface area contributed by atoms with Gasteiger partial charge in [-0.2, -0.15) is 0 Å². The van der Waals surface area contributed by atoms with Gasteiger partial charge in [0, 0.05) is 25.2 Å². The van der Waals surface area contributed by atoms with Gasteiger partial charge in [0.2, 0.25) is 0 Å². The Morgan fingerprint density at radius 1 is 1.06 bits per heavy atom. The Balaban J connectivity index is 1.83. The first kappa shape index (κ1) is 12.3. The highest BCUT2D eigenvalue weighted by Gasteiger charge is 2.31. The Hall–Kier alpha value is -0.120. The maximum Gasteiger partial charge on any atom is 0.0707 e. The number of rotatable bonds is 3. The van der Waals surface area contributed by atoms with Gasteiger partial charge in [0.15, 0.2) is 0 Å². The normalized spacial score (nSPS) is 41.4. The average Bonchev–Trinajstić information content (AvgIpc) is 2.71. The van der Waals surface area contributed by atoms with Crippen molar-refractivity contribution in [1.82, 2.24) is 4.90 Å². The summed E-state index contributed by atoms with van der Waals surface area (Å²) in [7, 11) is 0. The van der Waals surface area contributed by atoms with E-state index in [0.29, 0.717) is 18.8 Å². The number of ether oxygens (including phenoxy) is 1. The van der Waals surface area contributed by atoms with E-state index in [1.807, 2.05) is 0 Å². The lowest BCUT2D eigenvalue weighted by Crippen LogP contribution is -2.47. The third kappa shape index (κ3) is 2.76. The van der Waals surface area contributed by atoms with Crippen LogP contribution in [0.1, 0.15) is 46.0 Å². The van der Waals surface area contributed by atoms with Gasteiger partial charge in [0.25, 0.3) is 0 Å². The second kappa shape index (κ2) is 5.48. The van der Waals surface area contributed by atoms with Crippen molar-refractivity contribution in [3.05, 3.63) is 0 Å². The van der Waals surface area contributed by atoms with Crippen LogP contribution in [0.5, 0.6) is 0 Å². The third-order valence-electron chi connectivity index (χ3n) is 4.25. The molecule has 2 aliphatic heterocycles. The van der Waals surface area contributed by atoms with Crippen molar-refractivity contribution >= 4 is 0 Å². The topological polar surface area (TPSA) is 38.5 Å². The summed E-state index contributed by atoms with van der Waals surface area (Å²) < 4.78 is 5.94. The highest BCUT2D eigenvalue weighted by atomic mass is 16.5. The summed E-state index contributed by atoms with van der Waals surface area (Å²) in [5, 5.41) is 0. The molecule has 2 N–H and O–H groups in total. The fourth-order valence-electron chi connectivity index (χ4n) is 3.16. The Bertz CT molecular complexity index is 212. The van der Waals surface area contributed by atoms with Gasteiger partial charge < -0.3 is 10.5 Å². The lowest BCUT2D eigenvalue weighted by molar-refractivity contribution is -0.00208. The number of hydrogen-bond donors (Lipinski definition) is 1. The largest absolute Gasteiger partial charge is 0.372 e. The van der Waals surface area contributed by atoms with Gasteiger partial charge in [-0.1, -0.05) is 6.42 Å². The highest BCUT2D eigenvalue weighted by molar-refractivity contribution is 4.84. The fraction of sp³-hybridized carbons (Fsp3) is 1.00. The molecule has 0 radical (unpaired) electrons. The third-order valence-corrected chi connectivity index (χ3v) is 4.25. The van der Waals surface area contributed by atoms with Crippen molar-refractivity contribution in [3.63, 3.8) is 0 Å². The smallest absolute Gasteiger partial charge is 0.0707 e. The molecule has 0 spiro atoms. The quantitative estimate of drug-likeness (QED) is 0.797. The first-order valence-corrected chi connectivity index (χ1v) is 6.82. The van der Waals surface area contributed by atoms with E-state index >= 15 is 0 Å². The fourth-order valence-corrected chi connectivity index (χ4v) is 3.16. The van der Waals surface area contributed by atoms with E-state index in [9.17, 15) is 0 Å². The molecule has 2 saturated heterocycles. The van der Waals surface area contributed by atoms with E-state index < -0.39 is 0 Å². The predicted molar refractivity (Wildman–Crippen MR) is 66.4 cm³/mol.